The lowest BCUT2D eigenvalue weighted by atomic mass is 10.1. The van der Waals surface area contributed by atoms with Crippen LogP contribution in [0.5, 0.6) is 11.5 Å². The largest absolute Gasteiger partial charge is 0.490 e. The van der Waals surface area contributed by atoms with E-state index in [1.807, 2.05) is 30.5 Å². The number of aryl methyl sites for hydroxylation is 2. The fourth-order valence-corrected chi connectivity index (χ4v) is 3.76. The highest BCUT2D eigenvalue weighted by molar-refractivity contribution is 7.99. The molecule has 0 unspecified atom stereocenters. The molecular weight excluding hydrogens is 388 g/mol. The Morgan fingerprint density at radius 1 is 1.14 bits per heavy atom. The van der Waals surface area contributed by atoms with E-state index in [1.54, 1.807) is 12.4 Å². The zero-order valence-electron chi connectivity index (χ0n) is 16.3. The number of thioether (sulfide) groups is 1. The molecule has 0 fully saturated rings. The number of rotatable bonds is 5. The number of amides is 1. The van der Waals surface area contributed by atoms with Crippen LogP contribution in [0.3, 0.4) is 0 Å². The molecule has 1 amide bonds. The highest BCUT2D eigenvalue weighted by Gasteiger charge is 2.14. The number of nitrogens with zero attached hydrogens (tertiary/aromatic N) is 3. The van der Waals surface area contributed by atoms with Crippen LogP contribution in [0.25, 0.3) is 5.69 Å². The zero-order valence-corrected chi connectivity index (χ0v) is 17.2. The number of fused-ring (bicyclic) bond motifs is 1. The van der Waals surface area contributed by atoms with Crippen LogP contribution in [0.1, 0.15) is 17.5 Å². The molecule has 0 saturated heterocycles. The van der Waals surface area contributed by atoms with Crippen LogP contribution in [0.2, 0.25) is 0 Å². The van der Waals surface area contributed by atoms with Crippen molar-refractivity contribution in [3.05, 3.63) is 53.9 Å². The van der Waals surface area contributed by atoms with E-state index in [0.29, 0.717) is 35.6 Å². The molecule has 0 saturated carbocycles. The van der Waals surface area contributed by atoms with Gasteiger partial charge in [-0.1, -0.05) is 23.9 Å². The Morgan fingerprint density at radius 2 is 1.97 bits per heavy atom. The number of carbonyl (C=O) groups is 1. The van der Waals surface area contributed by atoms with Crippen molar-refractivity contribution >= 4 is 23.4 Å². The van der Waals surface area contributed by atoms with E-state index in [2.05, 4.69) is 33.7 Å². The summed E-state index contributed by atoms with van der Waals surface area (Å²) in [7, 11) is 0. The Kier molecular flexibility index (Phi) is 5.71. The first-order valence-corrected chi connectivity index (χ1v) is 10.4. The van der Waals surface area contributed by atoms with E-state index in [1.165, 1.54) is 11.8 Å². The molecule has 1 aliphatic rings. The first-order valence-electron chi connectivity index (χ1n) is 9.40. The summed E-state index contributed by atoms with van der Waals surface area (Å²) in [5.41, 5.74) is 3.97. The second-order valence-corrected chi connectivity index (χ2v) is 7.76. The monoisotopic (exact) mass is 410 g/mol. The van der Waals surface area contributed by atoms with Crippen LogP contribution in [-0.2, 0) is 4.79 Å². The molecule has 0 radical (unpaired) electrons. The third-order valence-corrected chi connectivity index (χ3v) is 5.45. The molecule has 0 spiro atoms. The van der Waals surface area contributed by atoms with Crippen LogP contribution in [0.4, 0.5) is 5.69 Å². The zero-order chi connectivity index (χ0) is 20.2. The lowest BCUT2D eigenvalue weighted by molar-refractivity contribution is -0.113. The third-order valence-electron chi connectivity index (χ3n) is 4.50. The minimum atomic E-state index is -0.125. The summed E-state index contributed by atoms with van der Waals surface area (Å²) in [6.07, 6.45) is 2.51. The smallest absolute Gasteiger partial charge is 0.234 e. The first kappa shape index (κ1) is 19.3. The molecule has 1 aliphatic heterocycles. The average Bonchev–Trinajstić information content (AvgIpc) is 3.05. The molecule has 3 aromatic rings. The van der Waals surface area contributed by atoms with Gasteiger partial charge in [-0.25, -0.2) is 0 Å². The van der Waals surface area contributed by atoms with Crippen molar-refractivity contribution in [3.63, 3.8) is 0 Å². The number of anilines is 1. The van der Waals surface area contributed by atoms with Crippen molar-refractivity contribution in [2.75, 3.05) is 24.3 Å². The van der Waals surface area contributed by atoms with Crippen molar-refractivity contribution in [1.82, 2.24) is 14.8 Å². The van der Waals surface area contributed by atoms with E-state index < -0.39 is 0 Å². The van der Waals surface area contributed by atoms with Crippen LogP contribution < -0.4 is 14.8 Å². The Labute approximate surface area is 173 Å². The fraction of sp³-hybridized carbons (Fsp3) is 0.286. The van der Waals surface area contributed by atoms with Crippen molar-refractivity contribution in [2.45, 2.75) is 25.4 Å². The summed E-state index contributed by atoms with van der Waals surface area (Å²) in [5, 5.41) is 11.8. The lowest BCUT2D eigenvalue weighted by Crippen LogP contribution is -2.14. The molecule has 0 atom stereocenters. The van der Waals surface area contributed by atoms with E-state index in [0.717, 1.165) is 23.2 Å². The number of hydrogen-bond donors (Lipinski definition) is 1. The summed E-state index contributed by atoms with van der Waals surface area (Å²) in [6.45, 7) is 5.33. The molecule has 2 aromatic carbocycles. The van der Waals surface area contributed by atoms with Gasteiger partial charge in [0.15, 0.2) is 16.7 Å². The number of ether oxygens (including phenoxy) is 2. The van der Waals surface area contributed by atoms with Gasteiger partial charge in [0.05, 0.1) is 24.7 Å². The molecule has 4 rings (SSSR count). The number of benzene rings is 2. The van der Waals surface area contributed by atoms with E-state index in [9.17, 15) is 4.79 Å². The summed E-state index contributed by atoms with van der Waals surface area (Å²) >= 11 is 1.34. The van der Waals surface area contributed by atoms with Crippen molar-refractivity contribution < 1.29 is 14.3 Å². The predicted octanol–water partition coefficient (Wildman–Crippen LogP) is 3.78. The maximum atomic E-state index is 12.5. The standard InChI is InChI=1S/C21H22N4O3S/c1-14-4-5-15(2)17(10-14)25-13-22-24-21(25)29-12-20(26)23-16-6-7-18-19(11-16)28-9-3-8-27-18/h4-7,10-11,13H,3,8-9,12H2,1-2H3,(H,23,26). The third kappa shape index (κ3) is 4.54. The fourth-order valence-electron chi connectivity index (χ4n) is 3.04. The number of nitrogens with one attached hydrogen (secondary N) is 1. The van der Waals surface area contributed by atoms with Crippen molar-refractivity contribution in [2.24, 2.45) is 0 Å². The van der Waals surface area contributed by atoms with E-state index >= 15 is 0 Å². The first-order chi connectivity index (χ1) is 14.1. The summed E-state index contributed by atoms with van der Waals surface area (Å²) < 4.78 is 13.2. The minimum Gasteiger partial charge on any atom is -0.490 e. The molecule has 0 bridgehead atoms. The number of carbonyl (C=O) groups excluding carboxylic acids is 1. The van der Waals surface area contributed by atoms with Gasteiger partial charge in [-0.3, -0.25) is 9.36 Å². The Balaban J connectivity index is 1.42. The molecule has 150 valence electrons. The lowest BCUT2D eigenvalue weighted by Gasteiger charge is -2.11. The molecule has 0 aliphatic carbocycles. The molecule has 8 heteroatoms. The van der Waals surface area contributed by atoms with Gasteiger partial charge in [-0.15, -0.1) is 10.2 Å². The summed E-state index contributed by atoms with van der Waals surface area (Å²) in [5.74, 6) is 1.46. The quantitative estimate of drug-likeness (QED) is 0.645. The highest BCUT2D eigenvalue weighted by Crippen LogP contribution is 2.32. The number of aromatic nitrogens is 3. The Hall–Kier alpha value is -3.00. The molecule has 1 aromatic heterocycles. The maximum absolute atomic E-state index is 12.5. The second-order valence-electron chi connectivity index (χ2n) is 6.82. The Morgan fingerprint density at radius 3 is 2.83 bits per heavy atom. The predicted molar refractivity (Wildman–Crippen MR) is 112 cm³/mol. The van der Waals surface area contributed by atoms with Crippen molar-refractivity contribution in [1.29, 1.82) is 0 Å². The van der Waals surface area contributed by atoms with Crippen LogP contribution in [0.15, 0.2) is 47.9 Å². The van der Waals surface area contributed by atoms with Gasteiger partial charge in [-0.05, 0) is 43.2 Å². The van der Waals surface area contributed by atoms with Gasteiger partial charge in [-0.2, -0.15) is 0 Å². The SMILES string of the molecule is Cc1ccc(C)c(-n2cnnc2SCC(=O)Nc2ccc3c(c2)OCCCO3)c1. The average molecular weight is 410 g/mol. The summed E-state index contributed by atoms with van der Waals surface area (Å²) in [4.78, 5) is 12.5. The molecule has 2 heterocycles. The van der Waals surface area contributed by atoms with E-state index in [4.69, 9.17) is 9.47 Å². The number of hydrogen-bond acceptors (Lipinski definition) is 6. The van der Waals surface area contributed by atoms with E-state index in [-0.39, 0.29) is 11.7 Å². The van der Waals surface area contributed by atoms with Crippen LogP contribution in [0, 0.1) is 13.8 Å². The Bertz CT molecular complexity index is 1030. The normalized spacial score (nSPS) is 13.0. The molecule has 29 heavy (non-hydrogen) atoms. The van der Waals surface area contributed by atoms with Gasteiger partial charge >= 0.3 is 0 Å². The van der Waals surface area contributed by atoms with Gasteiger partial charge in [0.2, 0.25) is 5.91 Å². The second kappa shape index (κ2) is 8.57. The van der Waals surface area contributed by atoms with Crippen molar-refractivity contribution in [3.8, 4) is 17.2 Å². The molecular formula is C21H22N4O3S. The minimum absolute atomic E-state index is 0.125. The molecule has 7 nitrogen and oxygen atoms in total. The highest BCUT2D eigenvalue weighted by atomic mass is 32.2. The van der Waals surface area contributed by atoms with Crippen LogP contribution >= 0.6 is 11.8 Å². The maximum Gasteiger partial charge on any atom is 0.234 e. The van der Waals surface area contributed by atoms with Gasteiger partial charge in [0.1, 0.15) is 6.33 Å². The topological polar surface area (TPSA) is 78.3 Å². The van der Waals surface area contributed by atoms with Gasteiger partial charge in [0.25, 0.3) is 0 Å². The van der Waals surface area contributed by atoms with Crippen LogP contribution in [-0.4, -0.2) is 39.6 Å². The van der Waals surface area contributed by atoms with Gasteiger partial charge < -0.3 is 14.8 Å². The molecule has 1 N–H and O–H groups in total. The summed E-state index contributed by atoms with van der Waals surface area (Å²) in [6, 6.07) is 11.6. The van der Waals surface area contributed by atoms with Gasteiger partial charge in [0, 0.05) is 18.2 Å².